The molecule has 0 saturated heterocycles. The first-order valence-corrected chi connectivity index (χ1v) is 4.72. The molecule has 86 valence electrons. The first-order chi connectivity index (χ1) is 8.08. The van der Waals surface area contributed by atoms with Gasteiger partial charge in [0.15, 0.2) is 0 Å². The van der Waals surface area contributed by atoms with Gasteiger partial charge in [0.05, 0.1) is 12.1 Å². The molecule has 0 aromatic carbocycles. The van der Waals surface area contributed by atoms with E-state index in [-0.39, 0.29) is 24.7 Å². The number of rotatable bonds is 3. The molecule has 7 nitrogen and oxygen atoms in total. The molecule has 0 saturated carbocycles. The summed E-state index contributed by atoms with van der Waals surface area (Å²) in [5.74, 6) is -0.521. The van der Waals surface area contributed by atoms with Crippen LogP contribution >= 0.6 is 0 Å². The van der Waals surface area contributed by atoms with Crippen molar-refractivity contribution >= 4 is 11.9 Å². The van der Waals surface area contributed by atoms with Crippen molar-refractivity contribution in [3.05, 3.63) is 17.5 Å². The van der Waals surface area contributed by atoms with Gasteiger partial charge in [0.2, 0.25) is 5.95 Å². The number of nitrogens with two attached hydrogens (primary N) is 1. The number of hydrogen-bond acceptors (Lipinski definition) is 6. The molecule has 0 atom stereocenters. The third-order valence-corrected chi connectivity index (χ3v) is 1.90. The van der Waals surface area contributed by atoms with E-state index >= 15 is 0 Å². The Bertz CT molecular complexity index is 476. The summed E-state index contributed by atoms with van der Waals surface area (Å²) in [6, 6.07) is 5.08. The Kier molecular flexibility index (Phi) is 3.96. The van der Waals surface area contributed by atoms with Gasteiger partial charge in [-0.25, -0.2) is 9.97 Å². The second kappa shape index (κ2) is 5.42. The van der Waals surface area contributed by atoms with Gasteiger partial charge >= 0.3 is 0 Å². The molecule has 0 bridgehead atoms. The van der Waals surface area contributed by atoms with E-state index in [1.165, 1.54) is 6.07 Å². The molecule has 1 heterocycles. The Hall–Kier alpha value is -2.67. The van der Waals surface area contributed by atoms with E-state index in [0.717, 1.165) is 4.90 Å². The SMILES string of the molecule is Cc1cc(C(=O)N(CC#N)CC#N)nc(N)n1. The van der Waals surface area contributed by atoms with Gasteiger partial charge in [-0.2, -0.15) is 10.5 Å². The van der Waals surface area contributed by atoms with Crippen molar-refractivity contribution in [2.24, 2.45) is 0 Å². The van der Waals surface area contributed by atoms with E-state index in [2.05, 4.69) is 9.97 Å². The first kappa shape index (κ1) is 12.4. The number of nitriles is 2. The zero-order valence-corrected chi connectivity index (χ0v) is 9.21. The summed E-state index contributed by atoms with van der Waals surface area (Å²) in [5, 5.41) is 17.1. The lowest BCUT2D eigenvalue weighted by molar-refractivity contribution is 0.0789. The summed E-state index contributed by atoms with van der Waals surface area (Å²) in [4.78, 5) is 20.6. The molecular formula is C10H10N6O. The highest BCUT2D eigenvalue weighted by atomic mass is 16.2. The van der Waals surface area contributed by atoms with Crippen molar-refractivity contribution in [1.82, 2.24) is 14.9 Å². The molecule has 1 rings (SSSR count). The maximum atomic E-state index is 11.9. The molecule has 17 heavy (non-hydrogen) atoms. The Labute approximate surface area is 98.1 Å². The number of nitrogen functional groups attached to an aromatic ring is 1. The van der Waals surface area contributed by atoms with Crippen LogP contribution in [0, 0.1) is 29.6 Å². The van der Waals surface area contributed by atoms with Gasteiger partial charge in [0.1, 0.15) is 18.8 Å². The quantitative estimate of drug-likeness (QED) is 0.721. The van der Waals surface area contributed by atoms with E-state index in [1.54, 1.807) is 6.92 Å². The molecule has 2 N–H and O–H groups in total. The maximum absolute atomic E-state index is 11.9. The van der Waals surface area contributed by atoms with Crippen LogP contribution in [0.3, 0.4) is 0 Å². The summed E-state index contributed by atoms with van der Waals surface area (Å²) in [6.45, 7) is 1.33. The van der Waals surface area contributed by atoms with Crippen LogP contribution in [0.2, 0.25) is 0 Å². The van der Waals surface area contributed by atoms with Gasteiger partial charge in [-0.1, -0.05) is 0 Å². The molecule has 0 aliphatic heterocycles. The fraction of sp³-hybridized carbons (Fsp3) is 0.300. The van der Waals surface area contributed by atoms with E-state index in [1.807, 2.05) is 12.1 Å². The number of amides is 1. The molecule has 1 aromatic heterocycles. The van der Waals surface area contributed by atoms with Crippen LogP contribution in [0.25, 0.3) is 0 Å². The number of carbonyl (C=O) groups excluding carboxylic acids is 1. The van der Waals surface area contributed by atoms with Crippen LogP contribution < -0.4 is 5.73 Å². The van der Waals surface area contributed by atoms with Gasteiger partial charge in [0, 0.05) is 5.69 Å². The van der Waals surface area contributed by atoms with Crippen LogP contribution in [0.15, 0.2) is 6.07 Å². The Morgan fingerprint density at radius 1 is 1.41 bits per heavy atom. The average molecular weight is 230 g/mol. The molecule has 0 aliphatic carbocycles. The number of aryl methyl sites for hydroxylation is 1. The Morgan fingerprint density at radius 3 is 2.47 bits per heavy atom. The topological polar surface area (TPSA) is 120 Å². The van der Waals surface area contributed by atoms with Gasteiger partial charge in [-0.05, 0) is 13.0 Å². The zero-order valence-electron chi connectivity index (χ0n) is 9.21. The van der Waals surface area contributed by atoms with Crippen molar-refractivity contribution in [2.45, 2.75) is 6.92 Å². The fourth-order valence-corrected chi connectivity index (χ4v) is 1.23. The van der Waals surface area contributed by atoms with Crippen LogP contribution in [-0.2, 0) is 0 Å². The Balaban J connectivity index is 3.02. The smallest absolute Gasteiger partial charge is 0.274 e. The third kappa shape index (κ3) is 3.14. The van der Waals surface area contributed by atoms with Crippen molar-refractivity contribution in [3.8, 4) is 12.1 Å². The number of carbonyl (C=O) groups is 1. The molecular weight excluding hydrogens is 220 g/mol. The summed E-state index contributed by atoms with van der Waals surface area (Å²) in [5.41, 5.74) is 6.06. The highest BCUT2D eigenvalue weighted by Gasteiger charge is 2.17. The number of nitrogens with zero attached hydrogens (tertiary/aromatic N) is 5. The van der Waals surface area contributed by atoms with Gasteiger partial charge in [0.25, 0.3) is 5.91 Å². The lowest BCUT2D eigenvalue weighted by Gasteiger charge is -2.15. The van der Waals surface area contributed by atoms with E-state index < -0.39 is 5.91 Å². The molecule has 1 aromatic rings. The molecule has 7 heteroatoms. The van der Waals surface area contributed by atoms with Crippen molar-refractivity contribution in [1.29, 1.82) is 10.5 Å². The normalized spacial score (nSPS) is 9.12. The van der Waals surface area contributed by atoms with Crippen LogP contribution in [-0.4, -0.2) is 33.9 Å². The van der Waals surface area contributed by atoms with Crippen molar-refractivity contribution in [2.75, 3.05) is 18.8 Å². The number of aromatic nitrogens is 2. The lowest BCUT2D eigenvalue weighted by atomic mass is 10.3. The van der Waals surface area contributed by atoms with Crippen molar-refractivity contribution < 1.29 is 4.79 Å². The molecule has 1 amide bonds. The third-order valence-electron chi connectivity index (χ3n) is 1.90. The predicted octanol–water partition coefficient (Wildman–Crippen LogP) is -0.143. The minimum atomic E-state index is -0.509. The van der Waals surface area contributed by atoms with E-state index in [9.17, 15) is 4.79 Å². The van der Waals surface area contributed by atoms with Gasteiger partial charge in [-0.15, -0.1) is 0 Å². The molecule has 0 aliphatic rings. The molecule has 0 spiro atoms. The Morgan fingerprint density at radius 2 is 2.00 bits per heavy atom. The van der Waals surface area contributed by atoms with Gasteiger partial charge in [-0.3, -0.25) is 4.79 Å². The minimum Gasteiger partial charge on any atom is -0.368 e. The second-order valence-corrected chi connectivity index (χ2v) is 3.23. The molecule has 0 radical (unpaired) electrons. The van der Waals surface area contributed by atoms with E-state index in [0.29, 0.717) is 5.69 Å². The van der Waals surface area contributed by atoms with Crippen molar-refractivity contribution in [3.63, 3.8) is 0 Å². The lowest BCUT2D eigenvalue weighted by Crippen LogP contribution is -2.32. The van der Waals surface area contributed by atoms with Crippen LogP contribution in [0.4, 0.5) is 5.95 Å². The fourth-order valence-electron chi connectivity index (χ4n) is 1.23. The molecule has 0 fully saturated rings. The number of anilines is 1. The average Bonchev–Trinajstić information content (AvgIpc) is 2.26. The highest BCUT2D eigenvalue weighted by molar-refractivity contribution is 5.93. The summed E-state index contributed by atoms with van der Waals surface area (Å²) >= 11 is 0. The zero-order chi connectivity index (χ0) is 12.8. The summed E-state index contributed by atoms with van der Waals surface area (Å²) in [7, 11) is 0. The predicted molar refractivity (Wildman–Crippen MR) is 58.3 cm³/mol. The first-order valence-electron chi connectivity index (χ1n) is 4.72. The van der Waals surface area contributed by atoms with Crippen LogP contribution in [0.1, 0.15) is 16.2 Å². The second-order valence-electron chi connectivity index (χ2n) is 3.23. The van der Waals surface area contributed by atoms with E-state index in [4.69, 9.17) is 16.3 Å². The minimum absolute atomic E-state index is 0.0118. The summed E-state index contributed by atoms with van der Waals surface area (Å²) < 4.78 is 0. The largest absolute Gasteiger partial charge is 0.368 e. The molecule has 0 unspecified atom stereocenters. The van der Waals surface area contributed by atoms with Crippen LogP contribution in [0.5, 0.6) is 0 Å². The van der Waals surface area contributed by atoms with Gasteiger partial charge < -0.3 is 10.6 Å². The maximum Gasteiger partial charge on any atom is 0.274 e. The highest BCUT2D eigenvalue weighted by Crippen LogP contribution is 2.05. The standard InChI is InChI=1S/C10H10N6O/c1-7-6-8(15-10(13)14-7)9(17)16(4-2-11)5-3-12/h6H,4-5H2,1H3,(H2,13,14,15). The summed E-state index contributed by atoms with van der Waals surface area (Å²) in [6.07, 6.45) is 0. The monoisotopic (exact) mass is 230 g/mol. The number of hydrogen-bond donors (Lipinski definition) is 1.